The summed E-state index contributed by atoms with van der Waals surface area (Å²) in [6.45, 7) is 0.482. The summed E-state index contributed by atoms with van der Waals surface area (Å²) in [4.78, 5) is 0. The third kappa shape index (κ3) is 4.07. The summed E-state index contributed by atoms with van der Waals surface area (Å²) >= 11 is 0. The fourth-order valence-corrected chi connectivity index (χ4v) is 4.39. The molecule has 0 aliphatic carbocycles. The highest BCUT2D eigenvalue weighted by Crippen LogP contribution is 2.49. The molecule has 174 valence electrons. The first-order valence-corrected chi connectivity index (χ1v) is 10.2. The molecule has 32 heavy (non-hydrogen) atoms. The van der Waals surface area contributed by atoms with E-state index >= 15 is 0 Å². The molecule has 0 saturated heterocycles. The first-order chi connectivity index (χ1) is 15.4. The molecule has 0 aliphatic rings. The lowest BCUT2D eigenvalue weighted by Crippen LogP contribution is -2.05. The van der Waals surface area contributed by atoms with E-state index in [2.05, 4.69) is 0 Å². The van der Waals surface area contributed by atoms with Crippen LogP contribution in [0.5, 0.6) is 17.2 Å². The van der Waals surface area contributed by atoms with Gasteiger partial charge in [-0.1, -0.05) is 0 Å². The fourth-order valence-electron chi connectivity index (χ4n) is 4.39. The highest BCUT2D eigenvalue weighted by Gasteiger charge is 2.26. The summed E-state index contributed by atoms with van der Waals surface area (Å²) in [6.07, 6.45) is 0.294. The van der Waals surface area contributed by atoms with Gasteiger partial charge in [0.1, 0.15) is 17.2 Å². The number of aliphatic hydroxyl groups is 1. The van der Waals surface area contributed by atoms with Gasteiger partial charge in [-0.2, -0.15) is 0 Å². The smallest absolute Gasteiger partial charge is 0.138 e. The van der Waals surface area contributed by atoms with Crippen molar-refractivity contribution in [3.63, 3.8) is 0 Å². The molecule has 0 fully saturated rings. The molecule has 0 unspecified atom stereocenters. The maximum atomic E-state index is 11.4. The minimum absolute atomic E-state index is 0.113. The molecule has 0 spiro atoms. The minimum atomic E-state index is -0.266. The topological polar surface area (TPSA) is 118 Å². The van der Waals surface area contributed by atoms with E-state index in [1.54, 1.807) is 26.4 Å². The third-order valence-corrected chi connectivity index (χ3v) is 5.57. The molecule has 0 atom stereocenters. The van der Waals surface area contributed by atoms with Crippen molar-refractivity contribution >= 4 is 21.5 Å². The molecular weight excluding hydrogens is 416 g/mol. The molecule has 3 aromatic rings. The quantitative estimate of drug-likeness (QED) is 0.351. The Morgan fingerprint density at radius 1 is 0.562 bits per heavy atom. The molecule has 0 radical (unpaired) electrons. The van der Waals surface area contributed by atoms with Crippen molar-refractivity contribution in [2.24, 2.45) is 0 Å². The average molecular weight is 446 g/mol. The second-order valence-corrected chi connectivity index (χ2v) is 7.62. The van der Waals surface area contributed by atoms with E-state index in [-0.39, 0.29) is 61.1 Å². The lowest BCUT2D eigenvalue weighted by molar-refractivity contribution is 0.178. The van der Waals surface area contributed by atoms with Gasteiger partial charge in [-0.15, -0.1) is 0 Å². The van der Waals surface area contributed by atoms with Crippen molar-refractivity contribution < 1.29 is 39.4 Å². The monoisotopic (exact) mass is 446 g/mol. The Labute approximate surface area is 186 Å². The van der Waals surface area contributed by atoms with Crippen LogP contribution < -0.4 is 0 Å². The van der Waals surface area contributed by atoms with Crippen LogP contribution >= 0.6 is 0 Å². The van der Waals surface area contributed by atoms with Crippen LogP contribution in [0.3, 0.4) is 0 Å². The van der Waals surface area contributed by atoms with Gasteiger partial charge in [-0.05, 0) is 40.6 Å². The number of fused-ring (bicyclic) bond motifs is 2. The van der Waals surface area contributed by atoms with Crippen LogP contribution in [0.1, 0.15) is 27.8 Å². The van der Waals surface area contributed by atoms with Gasteiger partial charge >= 0.3 is 0 Å². The number of rotatable bonds is 10. The van der Waals surface area contributed by atoms with Gasteiger partial charge in [0, 0.05) is 51.6 Å². The highest BCUT2D eigenvalue weighted by atomic mass is 16.5. The number of benzene rings is 3. The predicted molar refractivity (Wildman–Crippen MR) is 120 cm³/mol. The van der Waals surface area contributed by atoms with Crippen molar-refractivity contribution in [2.45, 2.75) is 32.8 Å². The lowest BCUT2D eigenvalue weighted by Gasteiger charge is -2.22. The second kappa shape index (κ2) is 10.3. The van der Waals surface area contributed by atoms with Crippen molar-refractivity contribution in [3.8, 4) is 17.2 Å². The number of ether oxygens (including phenoxy) is 4. The summed E-state index contributed by atoms with van der Waals surface area (Å²) in [5.74, 6) is -0.555. The number of aliphatic hydroxyl groups excluding tert-OH is 1. The number of methoxy groups -OCH3 is 4. The molecule has 0 saturated carbocycles. The minimum Gasteiger partial charge on any atom is -0.507 e. The second-order valence-electron chi connectivity index (χ2n) is 7.62. The van der Waals surface area contributed by atoms with Crippen LogP contribution in [0.15, 0.2) is 12.1 Å². The Bertz CT molecular complexity index is 1040. The molecule has 0 bridgehead atoms. The number of hydrogen-bond donors (Lipinski definition) is 4. The zero-order valence-electron chi connectivity index (χ0n) is 18.8. The fraction of sp³-hybridized carbons (Fsp3) is 0.417. The Hall–Kier alpha value is -2.62. The summed E-state index contributed by atoms with van der Waals surface area (Å²) in [7, 11) is 6.13. The molecule has 0 aromatic heterocycles. The summed E-state index contributed by atoms with van der Waals surface area (Å²) in [5, 5.41) is 44.7. The van der Waals surface area contributed by atoms with E-state index in [1.807, 2.05) is 0 Å². The average Bonchev–Trinajstić information content (AvgIpc) is 2.76. The van der Waals surface area contributed by atoms with Crippen LogP contribution in [0.2, 0.25) is 0 Å². The molecule has 0 amide bonds. The van der Waals surface area contributed by atoms with Gasteiger partial charge in [0.2, 0.25) is 0 Å². The van der Waals surface area contributed by atoms with Crippen LogP contribution in [-0.2, 0) is 51.8 Å². The van der Waals surface area contributed by atoms with Crippen LogP contribution in [0, 0.1) is 0 Å². The Morgan fingerprint density at radius 2 is 1.00 bits per heavy atom. The largest absolute Gasteiger partial charge is 0.507 e. The zero-order chi connectivity index (χ0) is 23.4. The number of phenolic OH excluding ortho intramolecular Hbond substituents is 3. The maximum absolute atomic E-state index is 11.4. The van der Waals surface area contributed by atoms with Crippen molar-refractivity contribution in [2.75, 3.05) is 35.0 Å². The van der Waals surface area contributed by atoms with Crippen LogP contribution in [0.25, 0.3) is 21.5 Å². The molecule has 3 rings (SSSR count). The zero-order valence-corrected chi connectivity index (χ0v) is 18.8. The standard InChI is InChI=1S/C24H30O8/c1-29-9-14-8-16(11-31-3)23(27)21-19(14)17(12-32-4)18-13(5-6-25)7-15(10-30-2)22(26)20(18)24(21)28/h7-8,25-28H,5-6,9-12H2,1-4H3. The van der Waals surface area contributed by atoms with E-state index in [1.165, 1.54) is 14.2 Å². The van der Waals surface area contributed by atoms with E-state index in [0.29, 0.717) is 33.9 Å². The Morgan fingerprint density at radius 3 is 1.47 bits per heavy atom. The SMILES string of the molecule is COCc1cc(CCO)c2c(COC)c3c(COC)cc(COC)c(O)c3c(O)c2c1O. The molecule has 3 aromatic carbocycles. The highest BCUT2D eigenvalue weighted by molar-refractivity contribution is 6.15. The van der Waals surface area contributed by atoms with E-state index < -0.39 is 0 Å². The van der Waals surface area contributed by atoms with Crippen LogP contribution in [-0.4, -0.2) is 55.5 Å². The molecule has 0 aliphatic heterocycles. The predicted octanol–water partition coefficient (Wildman–Crippen LogP) is 3.23. The Balaban J connectivity index is 2.64. The van der Waals surface area contributed by atoms with Crippen molar-refractivity contribution in [1.82, 2.24) is 0 Å². The molecular formula is C24H30O8. The van der Waals surface area contributed by atoms with Gasteiger partial charge in [0.05, 0.1) is 37.2 Å². The maximum Gasteiger partial charge on any atom is 0.138 e. The van der Waals surface area contributed by atoms with E-state index in [4.69, 9.17) is 18.9 Å². The normalized spacial score (nSPS) is 11.7. The van der Waals surface area contributed by atoms with Gasteiger partial charge in [0.25, 0.3) is 0 Å². The van der Waals surface area contributed by atoms with Gasteiger partial charge in [0.15, 0.2) is 0 Å². The summed E-state index contributed by atoms with van der Waals surface area (Å²) in [5.41, 5.74) is 3.07. The third-order valence-electron chi connectivity index (χ3n) is 5.57. The van der Waals surface area contributed by atoms with Gasteiger partial charge in [-0.25, -0.2) is 0 Å². The molecule has 0 heterocycles. The summed E-state index contributed by atoms with van der Waals surface area (Å²) < 4.78 is 21.3. The Kier molecular flexibility index (Phi) is 7.76. The first-order valence-electron chi connectivity index (χ1n) is 10.2. The van der Waals surface area contributed by atoms with E-state index in [0.717, 1.165) is 11.1 Å². The van der Waals surface area contributed by atoms with Crippen LogP contribution in [0.4, 0.5) is 0 Å². The van der Waals surface area contributed by atoms with E-state index in [9.17, 15) is 20.4 Å². The van der Waals surface area contributed by atoms with Gasteiger partial charge < -0.3 is 39.4 Å². The molecule has 4 N–H and O–H groups in total. The summed E-state index contributed by atoms with van der Waals surface area (Å²) in [6, 6.07) is 3.54. The lowest BCUT2D eigenvalue weighted by atomic mass is 9.86. The number of hydrogen-bond acceptors (Lipinski definition) is 8. The number of phenols is 3. The molecule has 8 nitrogen and oxygen atoms in total. The first kappa shape index (κ1) is 24.0. The molecule has 8 heteroatoms. The van der Waals surface area contributed by atoms with Crippen molar-refractivity contribution in [1.29, 1.82) is 0 Å². The van der Waals surface area contributed by atoms with Gasteiger partial charge in [-0.3, -0.25) is 0 Å². The number of aromatic hydroxyl groups is 3. The van der Waals surface area contributed by atoms with Crippen molar-refractivity contribution in [3.05, 3.63) is 39.9 Å².